The van der Waals surface area contributed by atoms with Gasteiger partial charge in [-0.2, -0.15) is 0 Å². The van der Waals surface area contributed by atoms with E-state index in [0.717, 1.165) is 24.2 Å². The molecule has 0 atom stereocenters. The van der Waals surface area contributed by atoms with Crippen molar-refractivity contribution in [3.63, 3.8) is 0 Å². The van der Waals surface area contributed by atoms with Gasteiger partial charge in [0.1, 0.15) is 11.5 Å². The van der Waals surface area contributed by atoms with Crippen LogP contribution in [-0.2, 0) is 12.8 Å². The van der Waals surface area contributed by atoms with Crippen LogP contribution in [0.25, 0.3) is 0 Å². The number of rotatable bonds is 2. The number of aryl methyl sites for hydroxylation is 4. The first-order chi connectivity index (χ1) is 9.15. The van der Waals surface area contributed by atoms with Crippen molar-refractivity contribution in [2.75, 3.05) is 0 Å². The van der Waals surface area contributed by atoms with Crippen LogP contribution in [0, 0.1) is 13.8 Å². The highest BCUT2D eigenvalue weighted by atomic mass is 16.3. The minimum Gasteiger partial charge on any atom is -0.466 e. The molecule has 1 heterocycles. The van der Waals surface area contributed by atoms with Crippen molar-refractivity contribution in [1.82, 2.24) is 0 Å². The summed E-state index contributed by atoms with van der Waals surface area (Å²) >= 11 is 0. The topological polar surface area (TPSA) is 30.2 Å². The highest BCUT2D eigenvalue weighted by Crippen LogP contribution is 2.24. The predicted octanol–water partition coefficient (Wildman–Crippen LogP) is 4.01. The summed E-state index contributed by atoms with van der Waals surface area (Å²) in [6.45, 7) is 3.72. The summed E-state index contributed by atoms with van der Waals surface area (Å²) in [4.78, 5) is 12.5. The van der Waals surface area contributed by atoms with E-state index in [1.165, 1.54) is 24.0 Å². The van der Waals surface area contributed by atoms with Crippen LogP contribution in [0.3, 0.4) is 0 Å². The first-order valence-corrected chi connectivity index (χ1v) is 6.88. The Hall–Kier alpha value is -1.83. The van der Waals surface area contributed by atoms with Gasteiger partial charge in [0.2, 0.25) is 0 Å². The Bertz CT molecular complexity index is 635. The van der Waals surface area contributed by atoms with Crippen LogP contribution in [0.5, 0.6) is 0 Å². The number of benzene rings is 1. The molecular formula is C17H18O2. The van der Waals surface area contributed by atoms with E-state index in [2.05, 4.69) is 12.1 Å². The fourth-order valence-corrected chi connectivity index (χ4v) is 2.89. The van der Waals surface area contributed by atoms with Crippen LogP contribution < -0.4 is 0 Å². The van der Waals surface area contributed by atoms with Crippen molar-refractivity contribution in [3.8, 4) is 0 Å². The minimum atomic E-state index is 0.0720. The fourth-order valence-electron chi connectivity index (χ4n) is 2.89. The Morgan fingerprint density at radius 1 is 1.05 bits per heavy atom. The van der Waals surface area contributed by atoms with Gasteiger partial charge in [-0.25, -0.2) is 0 Å². The summed E-state index contributed by atoms with van der Waals surface area (Å²) in [5.74, 6) is 1.57. The SMILES string of the molecule is Cc1cc(C(=O)c2ccc3c(c2)CCCC3)c(C)o1. The van der Waals surface area contributed by atoms with Gasteiger partial charge in [0.25, 0.3) is 0 Å². The maximum absolute atomic E-state index is 12.5. The quantitative estimate of drug-likeness (QED) is 0.758. The third kappa shape index (κ3) is 2.23. The molecule has 0 unspecified atom stereocenters. The van der Waals surface area contributed by atoms with Crippen molar-refractivity contribution in [2.45, 2.75) is 39.5 Å². The molecule has 3 rings (SSSR count). The minimum absolute atomic E-state index is 0.0720. The Labute approximate surface area is 113 Å². The lowest BCUT2D eigenvalue weighted by atomic mass is 9.89. The molecule has 0 spiro atoms. The number of hydrogen-bond acceptors (Lipinski definition) is 2. The van der Waals surface area contributed by atoms with Gasteiger partial charge < -0.3 is 4.42 Å². The highest BCUT2D eigenvalue weighted by Gasteiger charge is 2.17. The zero-order valence-electron chi connectivity index (χ0n) is 11.5. The third-order valence-electron chi connectivity index (χ3n) is 3.90. The molecule has 19 heavy (non-hydrogen) atoms. The smallest absolute Gasteiger partial charge is 0.196 e. The average molecular weight is 254 g/mol. The average Bonchev–Trinajstić information content (AvgIpc) is 2.76. The van der Waals surface area contributed by atoms with Gasteiger partial charge in [-0.15, -0.1) is 0 Å². The van der Waals surface area contributed by atoms with Crippen molar-refractivity contribution < 1.29 is 9.21 Å². The number of hydrogen-bond donors (Lipinski definition) is 0. The van der Waals surface area contributed by atoms with Gasteiger partial charge in [0.15, 0.2) is 5.78 Å². The van der Waals surface area contributed by atoms with Gasteiger partial charge in [-0.05, 0) is 62.8 Å². The van der Waals surface area contributed by atoms with E-state index in [4.69, 9.17) is 4.42 Å². The van der Waals surface area contributed by atoms with Crippen molar-refractivity contribution in [3.05, 3.63) is 58.0 Å². The van der Waals surface area contributed by atoms with Crippen molar-refractivity contribution in [1.29, 1.82) is 0 Å². The lowest BCUT2D eigenvalue weighted by Crippen LogP contribution is -2.07. The molecule has 0 fully saturated rings. The summed E-state index contributed by atoms with van der Waals surface area (Å²) in [5, 5.41) is 0. The summed E-state index contributed by atoms with van der Waals surface area (Å²) in [6, 6.07) is 7.97. The summed E-state index contributed by atoms with van der Waals surface area (Å²) < 4.78 is 5.45. The van der Waals surface area contributed by atoms with E-state index >= 15 is 0 Å². The summed E-state index contributed by atoms with van der Waals surface area (Å²) in [5.41, 5.74) is 4.22. The number of ketones is 1. The monoisotopic (exact) mass is 254 g/mol. The zero-order valence-corrected chi connectivity index (χ0v) is 11.5. The first-order valence-electron chi connectivity index (χ1n) is 6.88. The molecule has 2 nitrogen and oxygen atoms in total. The molecule has 1 aromatic carbocycles. The normalized spacial score (nSPS) is 14.2. The Morgan fingerprint density at radius 3 is 2.47 bits per heavy atom. The lowest BCUT2D eigenvalue weighted by Gasteiger charge is -2.16. The molecule has 0 amide bonds. The molecule has 1 aliphatic rings. The molecule has 98 valence electrons. The molecule has 1 aromatic heterocycles. The highest BCUT2D eigenvalue weighted by molar-refractivity contribution is 6.09. The Kier molecular flexibility index (Phi) is 3.02. The molecule has 2 heteroatoms. The lowest BCUT2D eigenvalue weighted by molar-refractivity contribution is 0.103. The molecule has 0 bridgehead atoms. The van der Waals surface area contributed by atoms with Crippen LogP contribution in [0.4, 0.5) is 0 Å². The van der Waals surface area contributed by atoms with E-state index < -0.39 is 0 Å². The van der Waals surface area contributed by atoms with E-state index in [1.54, 1.807) is 0 Å². The molecule has 1 aliphatic carbocycles. The van der Waals surface area contributed by atoms with Gasteiger partial charge in [0, 0.05) is 5.56 Å². The van der Waals surface area contributed by atoms with Crippen molar-refractivity contribution in [2.24, 2.45) is 0 Å². The zero-order chi connectivity index (χ0) is 13.4. The van der Waals surface area contributed by atoms with Crippen LogP contribution >= 0.6 is 0 Å². The number of furan rings is 1. The van der Waals surface area contributed by atoms with E-state index in [1.807, 2.05) is 26.0 Å². The molecule has 0 saturated heterocycles. The molecular weight excluding hydrogens is 236 g/mol. The second-order valence-corrected chi connectivity index (χ2v) is 5.35. The number of fused-ring (bicyclic) bond motifs is 1. The molecule has 0 N–H and O–H groups in total. The molecule has 2 aromatic rings. The van der Waals surface area contributed by atoms with Gasteiger partial charge >= 0.3 is 0 Å². The van der Waals surface area contributed by atoms with E-state index in [9.17, 15) is 4.79 Å². The molecule has 0 radical (unpaired) electrons. The molecule has 0 saturated carbocycles. The fraction of sp³-hybridized carbons (Fsp3) is 0.353. The van der Waals surface area contributed by atoms with Crippen molar-refractivity contribution >= 4 is 5.78 Å². The van der Waals surface area contributed by atoms with Crippen LogP contribution in [-0.4, -0.2) is 5.78 Å². The standard InChI is InChI=1S/C17H18O2/c1-11-9-16(12(2)19-11)17(18)15-8-7-13-5-3-4-6-14(13)10-15/h7-10H,3-6H2,1-2H3. The second-order valence-electron chi connectivity index (χ2n) is 5.35. The van der Waals surface area contributed by atoms with Crippen LogP contribution in [0.15, 0.2) is 28.7 Å². The second kappa shape index (κ2) is 4.69. The summed E-state index contributed by atoms with van der Waals surface area (Å²) in [7, 11) is 0. The van der Waals surface area contributed by atoms with Crippen LogP contribution in [0.2, 0.25) is 0 Å². The van der Waals surface area contributed by atoms with Gasteiger partial charge in [-0.1, -0.05) is 12.1 Å². The van der Waals surface area contributed by atoms with E-state index in [-0.39, 0.29) is 5.78 Å². The van der Waals surface area contributed by atoms with Crippen LogP contribution in [0.1, 0.15) is 51.4 Å². The first kappa shape index (κ1) is 12.2. The number of carbonyl (C=O) groups excluding carboxylic acids is 1. The largest absolute Gasteiger partial charge is 0.466 e. The Morgan fingerprint density at radius 2 is 1.79 bits per heavy atom. The predicted molar refractivity (Wildman–Crippen MR) is 74.7 cm³/mol. The Balaban J connectivity index is 1.98. The van der Waals surface area contributed by atoms with E-state index in [0.29, 0.717) is 11.3 Å². The maximum atomic E-state index is 12.5. The maximum Gasteiger partial charge on any atom is 0.196 e. The van der Waals surface area contributed by atoms with Gasteiger partial charge in [0.05, 0.1) is 5.56 Å². The summed E-state index contributed by atoms with van der Waals surface area (Å²) in [6.07, 6.45) is 4.74. The van der Waals surface area contributed by atoms with Gasteiger partial charge in [-0.3, -0.25) is 4.79 Å². The number of carbonyl (C=O) groups is 1. The third-order valence-corrected chi connectivity index (χ3v) is 3.90. The molecule has 0 aliphatic heterocycles.